The molecule has 21 heavy (non-hydrogen) atoms. The number of fused-ring (bicyclic) bond motifs is 1. The first-order chi connectivity index (χ1) is 10.3. The van der Waals surface area contributed by atoms with E-state index < -0.39 is 0 Å². The van der Waals surface area contributed by atoms with E-state index in [9.17, 15) is 0 Å². The van der Waals surface area contributed by atoms with E-state index in [0.29, 0.717) is 0 Å². The number of rotatable bonds is 4. The van der Waals surface area contributed by atoms with Crippen LogP contribution in [0.1, 0.15) is 43.0 Å². The first-order valence-electron chi connectivity index (χ1n) is 7.52. The third-order valence-electron chi connectivity index (χ3n) is 3.88. The zero-order valence-corrected chi connectivity index (χ0v) is 12.9. The minimum Gasteiger partial charge on any atom is -0.485 e. The Morgan fingerprint density at radius 2 is 2.00 bits per heavy atom. The Labute approximate surface area is 131 Å². The molecule has 0 aliphatic carbocycles. The van der Waals surface area contributed by atoms with Crippen molar-refractivity contribution in [3.8, 4) is 5.75 Å². The molecule has 0 saturated carbocycles. The fourth-order valence-corrected chi connectivity index (χ4v) is 3.01. The number of ether oxygens (including phenoxy) is 1. The summed E-state index contributed by atoms with van der Waals surface area (Å²) in [7, 11) is 0. The van der Waals surface area contributed by atoms with E-state index in [1.165, 1.54) is 11.1 Å². The second kappa shape index (κ2) is 6.50. The Hall–Kier alpha value is -1.51. The van der Waals surface area contributed by atoms with Gasteiger partial charge < -0.3 is 10.1 Å². The van der Waals surface area contributed by atoms with E-state index in [-0.39, 0.29) is 12.1 Å². The van der Waals surface area contributed by atoms with Crippen molar-refractivity contribution in [2.24, 2.45) is 0 Å². The fourth-order valence-electron chi connectivity index (χ4n) is 2.83. The monoisotopic (exact) mass is 301 g/mol. The van der Waals surface area contributed by atoms with Gasteiger partial charge in [-0.25, -0.2) is 0 Å². The molecular weight excluding hydrogens is 282 g/mol. The third-order valence-corrected chi connectivity index (χ3v) is 4.11. The highest BCUT2D eigenvalue weighted by Gasteiger charge is 2.28. The summed E-state index contributed by atoms with van der Waals surface area (Å²) in [5, 5.41) is 4.38. The summed E-state index contributed by atoms with van der Waals surface area (Å²) in [6.07, 6.45) is 2.13. The molecule has 3 heteroatoms. The van der Waals surface area contributed by atoms with E-state index in [2.05, 4.69) is 36.5 Å². The largest absolute Gasteiger partial charge is 0.485 e. The predicted molar refractivity (Wildman–Crippen MR) is 86.9 cm³/mol. The van der Waals surface area contributed by atoms with Crippen LogP contribution < -0.4 is 10.1 Å². The van der Waals surface area contributed by atoms with Gasteiger partial charge in [0.05, 0.1) is 0 Å². The summed E-state index contributed by atoms with van der Waals surface area (Å²) in [6, 6.07) is 16.6. The first kappa shape index (κ1) is 14.4. The van der Waals surface area contributed by atoms with Crippen molar-refractivity contribution in [3.05, 3.63) is 64.7 Å². The maximum absolute atomic E-state index is 6.18. The van der Waals surface area contributed by atoms with Gasteiger partial charge in [-0.05, 0) is 36.7 Å². The molecule has 110 valence electrons. The lowest BCUT2D eigenvalue weighted by atomic mass is 9.93. The quantitative estimate of drug-likeness (QED) is 0.867. The van der Waals surface area contributed by atoms with Gasteiger partial charge in [0.2, 0.25) is 0 Å². The van der Waals surface area contributed by atoms with Crippen LogP contribution in [0.5, 0.6) is 5.75 Å². The van der Waals surface area contributed by atoms with Crippen molar-refractivity contribution in [2.45, 2.75) is 31.9 Å². The number of halogens is 1. The SMILES string of the molecule is CCCNC1CC(c2ccccc2)Oc2ccc(Cl)cc21. The average molecular weight is 302 g/mol. The lowest BCUT2D eigenvalue weighted by molar-refractivity contribution is 0.151. The maximum atomic E-state index is 6.18. The molecule has 0 amide bonds. The topological polar surface area (TPSA) is 21.3 Å². The van der Waals surface area contributed by atoms with Crippen molar-refractivity contribution >= 4 is 11.6 Å². The molecule has 2 aromatic carbocycles. The van der Waals surface area contributed by atoms with Crippen molar-refractivity contribution < 1.29 is 4.74 Å². The lowest BCUT2D eigenvalue weighted by Crippen LogP contribution is -2.29. The van der Waals surface area contributed by atoms with Crippen LogP contribution in [-0.4, -0.2) is 6.54 Å². The molecule has 2 unspecified atom stereocenters. The molecule has 0 spiro atoms. The van der Waals surface area contributed by atoms with E-state index in [4.69, 9.17) is 16.3 Å². The number of hydrogen-bond donors (Lipinski definition) is 1. The molecule has 2 atom stereocenters. The lowest BCUT2D eigenvalue weighted by Gasteiger charge is -2.33. The van der Waals surface area contributed by atoms with Gasteiger partial charge in [-0.3, -0.25) is 0 Å². The van der Waals surface area contributed by atoms with Crippen LogP contribution in [0.2, 0.25) is 5.02 Å². The first-order valence-corrected chi connectivity index (χ1v) is 7.90. The Kier molecular flexibility index (Phi) is 4.47. The van der Waals surface area contributed by atoms with Crippen LogP contribution in [0, 0.1) is 0 Å². The summed E-state index contributed by atoms with van der Waals surface area (Å²) in [5.41, 5.74) is 2.39. The Morgan fingerprint density at radius 3 is 2.76 bits per heavy atom. The van der Waals surface area contributed by atoms with Crippen molar-refractivity contribution in [1.82, 2.24) is 5.32 Å². The molecule has 0 fully saturated rings. The molecule has 2 aromatic rings. The highest BCUT2D eigenvalue weighted by Crippen LogP contribution is 2.41. The standard InChI is InChI=1S/C18H20ClNO/c1-2-10-20-16-12-18(13-6-4-3-5-7-13)21-17-9-8-14(19)11-15(16)17/h3-9,11,16,18,20H,2,10,12H2,1H3. The van der Waals surface area contributed by atoms with Gasteiger partial charge in [0, 0.05) is 23.0 Å². The Morgan fingerprint density at radius 1 is 1.19 bits per heavy atom. The molecule has 2 nitrogen and oxygen atoms in total. The van der Waals surface area contributed by atoms with Gasteiger partial charge in [0.25, 0.3) is 0 Å². The van der Waals surface area contributed by atoms with E-state index in [1.54, 1.807) is 0 Å². The van der Waals surface area contributed by atoms with Crippen molar-refractivity contribution in [3.63, 3.8) is 0 Å². The highest BCUT2D eigenvalue weighted by atomic mass is 35.5. The minimum atomic E-state index is 0.0919. The number of benzene rings is 2. The van der Waals surface area contributed by atoms with E-state index >= 15 is 0 Å². The summed E-state index contributed by atoms with van der Waals surface area (Å²) >= 11 is 6.15. The van der Waals surface area contributed by atoms with Crippen LogP contribution in [-0.2, 0) is 0 Å². The Balaban J connectivity index is 1.91. The number of nitrogens with one attached hydrogen (secondary N) is 1. The normalized spacial score (nSPS) is 20.7. The molecule has 3 rings (SSSR count). The molecule has 0 bridgehead atoms. The van der Waals surface area contributed by atoms with E-state index in [1.807, 2.05) is 24.3 Å². The van der Waals surface area contributed by atoms with Gasteiger partial charge in [0.15, 0.2) is 0 Å². The third kappa shape index (κ3) is 3.22. The second-order valence-corrected chi connectivity index (χ2v) is 5.88. The van der Waals surface area contributed by atoms with Gasteiger partial charge >= 0.3 is 0 Å². The summed E-state index contributed by atoms with van der Waals surface area (Å²) in [6.45, 7) is 3.18. The van der Waals surface area contributed by atoms with Gasteiger partial charge in [-0.1, -0.05) is 48.9 Å². The van der Waals surface area contributed by atoms with E-state index in [0.717, 1.165) is 30.2 Å². The molecule has 0 radical (unpaired) electrons. The fraction of sp³-hybridized carbons (Fsp3) is 0.333. The van der Waals surface area contributed by atoms with Gasteiger partial charge in [-0.15, -0.1) is 0 Å². The van der Waals surface area contributed by atoms with Crippen LogP contribution in [0.3, 0.4) is 0 Å². The predicted octanol–water partition coefficient (Wildman–Crippen LogP) is 4.90. The highest BCUT2D eigenvalue weighted by molar-refractivity contribution is 6.30. The molecule has 0 saturated heterocycles. The molecule has 1 heterocycles. The zero-order valence-electron chi connectivity index (χ0n) is 12.2. The van der Waals surface area contributed by atoms with Crippen molar-refractivity contribution in [2.75, 3.05) is 6.54 Å². The van der Waals surface area contributed by atoms with Crippen LogP contribution >= 0.6 is 11.6 Å². The van der Waals surface area contributed by atoms with Crippen LogP contribution in [0.25, 0.3) is 0 Å². The molecular formula is C18H20ClNO. The summed E-state index contributed by atoms with van der Waals surface area (Å²) < 4.78 is 6.18. The summed E-state index contributed by atoms with van der Waals surface area (Å²) in [5.74, 6) is 0.938. The van der Waals surface area contributed by atoms with Gasteiger partial charge in [0.1, 0.15) is 11.9 Å². The molecule has 0 aromatic heterocycles. The van der Waals surface area contributed by atoms with Crippen molar-refractivity contribution in [1.29, 1.82) is 0 Å². The number of hydrogen-bond acceptors (Lipinski definition) is 2. The maximum Gasteiger partial charge on any atom is 0.126 e. The van der Waals surface area contributed by atoms with Crippen LogP contribution in [0.4, 0.5) is 0 Å². The second-order valence-electron chi connectivity index (χ2n) is 5.44. The zero-order chi connectivity index (χ0) is 14.7. The summed E-state index contributed by atoms with van der Waals surface area (Å²) in [4.78, 5) is 0. The smallest absolute Gasteiger partial charge is 0.126 e. The van der Waals surface area contributed by atoms with Crippen LogP contribution in [0.15, 0.2) is 48.5 Å². The van der Waals surface area contributed by atoms with Gasteiger partial charge in [-0.2, -0.15) is 0 Å². The molecule has 1 aliphatic heterocycles. The average Bonchev–Trinajstić information content (AvgIpc) is 2.53. The molecule has 1 aliphatic rings. The molecule has 1 N–H and O–H groups in total. The minimum absolute atomic E-state index is 0.0919. The Bertz CT molecular complexity index is 599.